The van der Waals surface area contributed by atoms with Crippen LogP contribution in [-0.4, -0.2) is 25.8 Å². The van der Waals surface area contributed by atoms with E-state index in [1.54, 1.807) is 6.07 Å². The molecule has 168 valence electrons. The molecule has 0 bridgehead atoms. The standard InChI is InChI=1S/C24H40F2O3/c1-4-7-8-9-10-11-12-15-21(29-24(27-5-2)28-6-3)16-13-14-20-17-18-22(25)23(26)19-20/h17-19,21,24H,4-16H2,1-3H3. The second kappa shape index (κ2) is 16.7. The van der Waals surface area contributed by atoms with Crippen molar-refractivity contribution in [3.05, 3.63) is 35.4 Å². The van der Waals surface area contributed by atoms with Gasteiger partial charge in [-0.2, -0.15) is 0 Å². The van der Waals surface area contributed by atoms with Crippen molar-refractivity contribution < 1.29 is 23.0 Å². The predicted molar refractivity (Wildman–Crippen MR) is 114 cm³/mol. The summed E-state index contributed by atoms with van der Waals surface area (Å²) in [5.41, 5.74) is 0.810. The van der Waals surface area contributed by atoms with Crippen LogP contribution in [0.2, 0.25) is 0 Å². The minimum absolute atomic E-state index is 0.0408. The van der Waals surface area contributed by atoms with E-state index in [0.29, 0.717) is 19.6 Å². The van der Waals surface area contributed by atoms with E-state index >= 15 is 0 Å². The van der Waals surface area contributed by atoms with Gasteiger partial charge in [0.2, 0.25) is 0 Å². The molecule has 0 radical (unpaired) electrons. The van der Waals surface area contributed by atoms with Gasteiger partial charge in [-0.05, 0) is 57.2 Å². The van der Waals surface area contributed by atoms with Crippen LogP contribution in [0.25, 0.3) is 0 Å². The average Bonchev–Trinajstić information content (AvgIpc) is 2.70. The number of unbranched alkanes of at least 4 members (excludes halogenated alkanes) is 6. The Morgan fingerprint density at radius 2 is 1.38 bits per heavy atom. The summed E-state index contributed by atoms with van der Waals surface area (Å²) in [4.78, 5) is 0. The minimum atomic E-state index is -0.801. The first-order chi connectivity index (χ1) is 14.1. The Kier molecular flexibility index (Phi) is 15.0. The SMILES string of the molecule is CCCCCCCCCC(CCCc1ccc(F)c(F)c1)OC(OCC)OCC. The lowest BCUT2D eigenvalue weighted by Crippen LogP contribution is -2.27. The number of hydrogen-bond donors (Lipinski definition) is 0. The fourth-order valence-corrected chi connectivity index (χ4v) is 3.39. The first kappa shape index (κ1) is 26.0. The molecule has 0 N–H and O–H groups in total. The monoisotopic (exact) mass is 414 g/mol. The second-order valence-corrected chi connectivity index (χ2v) is 7.51. The van der Waals surface area contributed by atoms with E-state index in [-0.39, 0.29) is 6.10 Å². The third-order valence-corrected chi connectivity index (χ3v) is 5.01. The molecule has 1 unspecified atom stereocenters. The summed E-state index contributed by atoms with van der Waals surface area (Å²) in [5.74, 6) is -1.59. The van der Waals surface area contributed by atoms with Crippen LogP contribution in [0.5, 0.6) is 0 Å². The summed E-state index contributed by atoms with van der Waals surface area (Å²) in [6.07, 6.45) is 12.2. The Balaban J connectivity index is 2.46. The van der Waals surface area contributed by atoms with Crippen molar-refractivity contribution in [1.29, 1.82) is 0 Å². The first-order valence-corrected chi connectivity index (χ1v) is 11.4. The van der Waals surface area contributed by atoms with E-state index in [9.17, 15) is 8.78 Å². The van der Waals surface area contributed by atoms with E-state index in [0.717, 1.165) is 31.2 Å². The largest absolute Gasteiger partial charge is 0.330 e. The Labute approximate surface area is 176 Å². The highest BCUT2D eigenvalue weighted by Gasteiger charge is 2.17. The molecule has 0 saturated carbocycles. The molecule has 0 heterocycles. The van der Waals surface area contributed by atoms with Gasteiger partial charge < -0.3 is 14.2 Å². The number of benzene rings is 1. The maximum absolute atomic E-state index is 13.4. The fraction of sp³-hybridized carbons (Fsp3) is 0.750. The zero-order valence-corrected chi connectivity index (χ0v) is 18.6. The molecule has 0 aliphatic heterocycles. The van der Waals surface area contributed by atoms with E-state index < -0.39 is 18.1 Å². The van der Waals surface area contributed by atoms with E-state index in [1.165, 1.54) is 50.7 Å². The Morgan fingerprint density at radius 1 is 0.759 bits per heavy atom. The quantitative estimate of drug-likeness (QED) is 0.188. The summed E-state index contributed by atoms with van der Waals surface area (Å²) in [6, 6.07) is 4.12. The number of rotatable bonds is 18. The van der Waals surface area contributed by atoms with Gasteiger partial charge in [0.05, 0.1) is 6.10 Å². The highest BCUT2D eigenvalue weighted by molar-refractivity contribution is 5.17. The van der Waals surface area contributed by atoms with Gasteiger partial charge in [-0.25, -0.2) is 8.78 Å². The van der Waals surface area contributed by atoms with Crippen molar-refractivity contribution in [2.75, 3.05) is 13.2 Å². The average molecular weight is 415 g/mol. The van der Waals surface area contributed by atoms with E-state index in [1.807, 2.05) is 13.8 Å². The topological polar surface area (TPSA) is 27.7 Å². The molecular formula is C24H40F2O3. The molecule has 0 aliphatic carbocycles. The first-order valence-electron chi connectivity index (χ1n) is 11.4. The second-order valence-electron chi connectivity index (χ2n) is 7.51. The Bertz CT molecular complexity index is 519. The maximum atomic E-state index is 13.4. The van der Waals surface area contributed by atoms with E-state index in [4.69, 9.17) is 14.2 Å². The third kappa shape index (κ3) is 12.3. The lowest BCUT2D eigenvalue weighted by molar-refractivity contribution is -0.302. The molecule has 0 aromatic heterocycles. The molecular weight excluding hydrogens is 374 g/mol. The zero-order valence-electron chi connectivity index (χ0n) is 18.6. The molecule has 5 heteroatoms. The third-order valence-electron chi connectivity index (χ3n) is 5.01. The molecule has 0 fully saturated rings. The molecule has 0 spiro atoms. The molecule has 0 aliphatic rings. The van der Waals surface area contributed by atoms with Gasteiger partial charge in [0.25, 0.3) is 6.48 Å². The molecule has 1 aromatic rings. The Morgan fingerprint density at radius 3 is 2.00 bits per heavy atom. The summed E-state index contributed by atoms with van der Waals surface area (Å²) < 4.78 is 43.6. The normalized spacial score (nSPS) is 12.6. The lowest BCUT2D eigenvalue weighted by atomic mass is 10.0. The molecule has 1 aromatic carbocycles. The fourth-order valence-electron chi connectivity index (χ4n) is 3.39. The highest BCUT2D eigenvalue weighted by atomic mass is 19.2. The highest BCUT2D eigenvalue weighted by Crippen LogP contribution is 2.19. The number of halogens is 2. The number of aryl methyl sites for hydroxylation is 1. The van der Waals surface area contributed by atoms with E-state index in [2.05, 4.69) is 6.92 Å². The van der Waals surface area contributed by atoms with Gasteiger partial charge in [-0.15, -0.1) is 0 Å². The minimum Gasteiger partial charge on any atom is -0.330 e. The van der Waals surface area contributed by atoms with Crippen LogP contribution in [-0.2, 0) is 20.6 Å². The van der Waals surface area contributed by atoms with Gasteiger partial charge in [0, 0.05) is 13.2 Å². The van der Waals surface area contributed by atoms with Crippen LogP contribution >= 0.6 is 0 Å². The Hall–Kier alpha value is -1.04. The van der Waals surface area contributed by atoms with Gasteiger partial charge in [0.1, 0.15) is 0 Å². The van der Waals surface area contributed by atoms with Crippen molar-refractivity contribution >= 4 is 0 Å². The van der Waals surface area contributed by atoms with Gasteiger partial charge in [-0.1, -0.05) is 57.9 Å². The van der Waals surface area contributed by atoms with Crippen LogP contribution in [0.15, 0.2) is 18.2 Å². The van der Waals surface area contributed by atoms with Crippen LogP contribution in [0.4, 0.5) is 8.78 Å². The predicted octanol–water partition coefficient (Wildman–Crippen LogP) is 7.17. The number of hydrogen-bond acceptors (Lipinski definition) is 3. The summed E-state index contributed by atoms with van der Waals surface area (Å²) in [6.45, 7) is 6.50. The summed E-state index contributed by atoms with van der Waals surface area (Å²) in [5, 5.41) is 0. The van der Waals surface area contributed by atoms with Crippen LogP contribution in [0.3, 0.4) is 0 Å². The number of ether oxygens (including phenoxy) is 3. The molecule has 3 nitrogen and oxygen atoms in total. The van der Waals surface area contributed by atoms with Crippen LogP contribution < -0.4 is 0 Å². The molecule has 1 atom stereocenters. The summed E-state index contributed by atoms with van der Waals surface area (Å²) >= 11 is 0. The molecule has 0 saturated heterocycles. The van der Waals surface area contributed by atoms with Crippen LogP contribution in [0, 0.1) is 11.6 Å². The molecule has 1 rings (SSSR count). The van der Waals surface area contributed by atoms with Gasteiger partial charge >= 0.3 is 0 Å². The van der Waals surface area contributed by atoms with Gasteiger partial charge in [-0.3, -0.25) is 0 Å². The molecule has 0 amide bonds. The lowest BCUT2D eigenvalue weighted by Gasteiger charge is -2.24. The van der Waals surface area contributed by atoms with Crippen molar-refractivity contribution in [1.82, 2.24) is 0 Å². The zero-order chi connectivity index (χ0) is 21.3. The summed E-state index contributed by atoms with van der Waals surface area (Å²) in [7, 11) is 0. The smallest absolute Gasteiger partial charge is 0.271 e. The molecule has 29 heavy (non-hydrogen) atoms. The maximum Gasteiger partial charge on any atom is 0.271 e. The van der Waals surface area contributed by atoms with Crippen molar-refractivity contribution in [2.45, 2.75) is 104 Å². The van der Waals surface area contributed by atoms with Gasteiger partial charge in [0.15, 0.2) is 11.6 Å². The van der Waals surface area contributed by atoms with Crippen molar-refractivity contribution in [2.24, 2.45) is 0 Å². The van der Waals surface area contributed by atoms with Crippen molar-refractivity contribution in [3.8, 4) is 0 Å². The van der Waals surface area contributed by atoms with Crippen LogP contribution in [0.1, 0.15) is 90.5 Å². The van der Waals surface area contributed by atoms with Crippen molar-refractivity contribution in [3.63, 3.8) is 0 Å².